The Labute approximate surface area is 109 Å². The Hall–Kier alpha value is -0.485. The van der Waals surface area contributed by atoms with Crippen LogP contribution >= 0.6 is 9.12 Å². The molecule has 0 aliphatic carbocycles. The van der Waals surface area contributed by atoms with E-state index in [1.807, 2.05) is 0 Å². The van der Waals surface area contributed by atoms with Gasteiger partial charge in [0.1, 0.15) is 0 Å². The molecule has 1 unspecified atom stereocenters. The Morgan fingerprint density at radius 1 is 1.00 bits per heavy atom. The highest BCUT2D eigenvalue weighted by Crippen LogP contribution is 2.33. The minimum Gasteiger partial charge on any atom is -0.377 e. The van der Waals surface area contributed by atoms with Gasteiger partial charge in [0, 0.05) is 19.8 Å². The topological polar surface area (TPSA) is 3.24 Å². The predicted octanol–water partition coefficient (Wildman–Crippen LogP) is 3.12. The molecule has 0 aliphatic heterocycles. The first kappa shape index (κ1) is 14.6. The summed E-state index contributed by atoms with van der Waals surface area (Å²) in [6, 6.07) is 4.61. The molecule has 0 heterocycles. The van der Waals surface area contributed by atoms with Crippen LogP contribution in [-0.4, -0.2) is 21.1 Å². The molecule has 0 N–H and O–H groups in total. The third-order valence-corrected chi connectivity index (χ3v) is 3.46. The van der Waals surface area contributed by atoms with E-state index in [9.17, 15) is 0 Å². The summed E-state index contributed by atoms with van der Waals surface area (Å²) in [4.78, 5) is 2.25. The Kier molecular flexibility index (Phi) is 5.07. The van der Waals surface area contributed by atoms with Crippen molar-refractivity contribution in [2.24, 2.45) is 0 Å². The van der Waals surface area contributed by atoms with Crippen molar-refractivity contribution in [2.75, 3.05) is 19.0 Å². The molecule has 0 aliphatic rings. The number of hydrogen-bond donors (Lipinski definition) is 0. The van der Waals surface area contributed by atoms with Crippen molar-refractivity contribution in [2.45, 2.75) is 39.5 Å². The summed E-state index contributed by atoms with van der Waals surface area (Å²) in [7, 11) is 6.98. The molecule has 1 aromatic carbocycles. The molecule has 0 saturated heterocycles. The van der Waals surface area contributed by atoms with Gasteiger partial charge in [0.15, 0.2) is 7.00 Å². The lowest BCUT2D eigenvalue weighted by molar-refractivity contribution is 0.824. The normalized spacial score (nSPS) is 11.1. The van der Waals surface area contributed by atoms with Crippen molar-refractivity contribution in [1.82, 2.24) is 0 Å². The number of hydrogen-bond acceptors (Lipinski definition) is 1. The maximum Gasteiger partial charge on any atom is 0.178 e. The van der Waals surface area contributed by atoms with Crippen LogP contribution in [-0.2, 0) is 0 Å². The Morgan fingerprint density at radius 3 is 1.65 bits per heavy atom. The van der Waals surface area contributed by atoms with Crippen molar-refractivity contribution in [3.05, 3.63) is 23.3 Å². The molecule has 0 saturated carbocycles. The predicted molar refractivity (Wildman–Crippen MR) is 84.0 cm³/mol. The highest BCUT2D eigenvalue weighted by Gasteiger charge is 2.16. The minimum atomic E-state index is 0.551. The van der Waals surface area contributed by atoms with Crippen LogP contribution in [0, 0.1) is 0 Å². The van der Waals surface area contributed by atoms with Crippen LogP contribution in [0.1, 0.15) is 50.7 Å². The molecule has 1 nitrogen and oxygen atoms in total. The van der Waals surface area contributed by atoms with Crippen molar-refractivity contribution in [1.29, 1.82) is 0 Å². The second-order valence-electron chi connectivity index (χ2n) is 5.42. The Bertz CT molecular complexity index is 357. The zero-order chi connectivity index (χ0) is 13.2. The maximum atomic E-state index is 2.70. The van der Waals surface area contributed by atoms with Gasteiger partial charge in [0.25, 0.3) is 0 Å². The van der Waals surface area contributed by atoms with Gasteiger partial charge in [0.2, 0.25) is 0 Å². The lowest BCUT2D eigenvalue weighted by atomic mass is 9.83. The smallest absolute Gasteiger partial charge is 0.178 e. The molecule has 0 aromatic heterocycles. The third kappa shape index (κ3) is 3.25. The second kappa shape index (κ2) is 5.91. The Balaban J connectivity index is 3.49. The van der Waals surface area contributed by atoms with Gasteiger partial charge in [-0.05, 0) is 23.0 Å². The van der Waals surface area contributed by atoms with E-state index in [1.165, 1.54) is 22.3 Å². The van der Waals surface area contributed by atoms with Crippen LogP contribution in [0.25, 0.3) is 0 Å². The van der Waals surface area contributed by atoms with Gasteiger partial charge in [0.05, 0.1) is 0 Å². The zero-order valence-corrected chi connectivity index (χ0v) is 13.1. The van der Waals surface area contributed by atoms with Crippen LogP contribution in [0.5, 0.6) is 0 Å². The molecule has 0 fully saturated rings. The summed E-state index contributed by atoms with van der Waals surface area (Å²) in [5.41, 5.74) is 5.57. The molecule has 1 aromatic rings. The van der Waals surface area contributed by atoms with Crippen LogP contribution in [0.4, 0.5) is 5.69 Å². The average Bonchev–Trinajstić information content (AvgIpc) is 2.26. The van der Waals surface area contributed by atoms with E-state index in [4.69, 9.17) is 0 Å². The van der Waals surface area contributed by atoms with E-state index in [1.54, 1.807) is 0 Å². The first-order valence-electron chi connectivity index (χ1n) is 6.28. The molecule has 1 atom stereocenters. The van der Waals surface area contributed by atoms with Crippen molar-refractivity contribution in [3.63, 3.8) is 0 Å². The lowest BCUT2D eigenvalue weighted by Crippen LogP contribution is -2.20. The van der Waals surface area contributed by atoms with E-state index in [0.717, 1.165) is 0 Å². The molecule has 1 radical (unpaired) electrons. The third-order valence-electron chi connectivity index (χ3n) is 3.07. The monoisotopic (exact) mass is 248 g/mol. The van der Waals surface area contributed by atoms with E-state index < -0.39 is 0 Å². The second-order valence-corrected chi connectivity index (χ2v) is 5.75. The fraction of sp³-hybridized carbons (Fsp3) is 0.571. The number of anilines is 1. The standard InChI is InChI=1S/C14H24BNP/c1-9(2)12-7-11(15-17)8-13(10(3)4)14(12)16(5)6/h7-10H,17H2,1-6H3. The molecule has 93 valence electrons. The summed E-state index contributed by atoms with van der Waals surface area (Å²) in [5.74, 6) is 1.10. The first-order valence-corrected chi connectivity index (χ1v) is 6.95. The van der Waals surface area contributed by atoms with E-state index in [-0.39, 0.29) is 0 Å². The van der Waals surface area contributed by atoms with Gasteiger partial charge in [-0.15, -0.1) is 0 Å². The van der Waals surface area contributed by atoms with E-state index in [0.29, 0.717) is 11.8 Å². The summed E-state index contributed by atoms with van der Waals surface area (Å²) >= 11 is 0. The fourth-order valence-corrected chi connectivity index (χ4v) is 2.39. The van der Waals surface area contributed by atoms with Crippen molar-refractivity contribution in [3.8, 4) is 0 Å². The van der Waals surface area contributed by atoms with Gasteiger partial charge in [-0.2, -0.15) is 9.12 Å². The van der Waals surface area contributed by atoms with E-state index in [2.05, 4.69) is 74.9 Å². The Morgan fingerprint density at radius 2 is 1.41 bits per heavy atom. The summed E-state index contributed by atoms with van der Waals surface area (Å²) in [5, 5.41) is 0. The largest absolute Gasteiger partial charge is 0.377 e. The van der Waals surface area contributed by atoms with E-state index >= 15 is 0 Å². The molecule has 0 bridgehead atoms. The highest BCUT2D eigenvalue weighted by molar-refractivity contribution is 7.58. The van der Waals surface area contributed by atoms with Crippen molar-refractivity contribution >= 4 is 27.3 Å². The van der Waals surface area contributed by atoms with Gasteiger partial charge >= 0.3 is 0 Å². The van der Waals surface area contributed by atoms with Gasteiger partial charge in [-0.3, -0.25) is 0 Å². The number of nitrogens with zero attached hydrogens (tertiary/aromatic N) is 1. The first-order chi connectivity index (χ1) is 7.88. The maximum absolute atomic E-state index is 2.70. The average molecular weight is 248 g/mol. The SMILES string of the molecule is CC(C)c1cc([B]P)cc(C(C)C)c1N(C)C. The van der Waals surface area contributed by atoms with Gasteiger partial charge in [-0.25, -0.2) is 0 Å². The van der Waals surface area contributed by atoms with Crippen LogP contribution in [0.3, 0.4) is 0 Å². The molecular weight excluding hydrogens is 224 g/mol. The van der Waals surface area contributed by atoms with Crippen LogP contribution in [0.15, 0.2) is 12.1 Å². The molecule has 17 heavy (non-hydrogen) atoms. The highest BCUT2D eigenvalue weighted by atomic mass is 31.0. The lowest BCUT2D eigenvalue weighted by Gasteiger charge is -2.26. The fourth-order valence-electron chi connectivity index (χ4n) is 2.20. The van der Waals surface area contributed by atoms with Gasteiger partial charge < -0.3 is 4.90 Å². The minimum absolute atomic E-state index is 0.551. The van der Waals surface area contributed by atoms with Crippen molar-refractivity contribution < 1.29 is 0 Å². The molecule has 1 rings (SSSR count). The number of benzene rings is 1. The molecular formula is C14H24BNP. The van der Waals surface area contributed by atoms with Crippen LogP contribution in [0.2, 0.25) is 0 Å². The summed E-state index contributed by atoms with van der Waals surface area (Å²) in [6.07, 6.45) is 0. The van der Waals surface area contributed by atoms with Crippen LogP contribution < -0.4 is 10.4 Å². The molecule has 3 heteroatoms. The quantitative estimate of drug-likeness (QED) is 0.584. The van der Waals surface area contributed by atoms with Gasteiger partial charge in [-0.1, -0.05) is 45.3 Å². The molecule has 0 amide bonds. The molecule has 0 spiro atoms. The summed E-state index contributed by atoms with van der Waals surface area (Å²) < 4.78 is 0. The number of rotatable bonds is 4. The zero-order valence-electron chi connectivity index (χ0n) is 11.9. The summed E-state index contributed by atoms with van der Waals surface area (Å²) in [6.45, 7) is 11.2.